The normalized spacial score (nSPS) is 22.0. The Balaban J connectivity index is 1.47. The number of urea groups is 1. The average Bonchev–Trinajstić information content (AvgIpc) is 3.26. The molecule has 1 N–H and O–H groups in total. The minimum atomic E-state index is -1.11. The number of aromatic amines is 1. The zero-order valence-electron chi connectivity index (χ0n) is 17.2. The first-order valence-corrected chi connectivity index (χ1v) is 10.3. The van der Waals surface area contributed by atoms with Crippen LogP contribution < -0.4 is 19.1 Å². The molecule has 1 fully saturated rings. The lowest BCUT2D eigenvalue weighted by atomic mass is 9.87. The number of nitrogens with one attached hydrogen (secondary N) is 1. The zero-order chi connectivity index (χ0) is 21.3. The zero-order valence-corrected chi connectivity index (χ0v) is 17.2. The van der Waals surface area contributed by atoms with Crippen molar-refractivity contribution in [2.75, 3.05) is 31.8 Å². The number of fused-ring (bicyclic) bond motifs is 6. The number of ether oxygens (including phenoxy) is 3. The summed E-state index contributed by atoms with van der Waals surface area (Å²) >= 11 is 0. The van der Waals surface area contributed by atoms with Crippen LogP contribution in [0.4, 0.5) is 10.5 Å². The summed E-state index contributed by atoms with van der Waals surface area (Å²) in [5.41, 5.74) is 2.11. The maximum Gasteiger partial charge on any atom is 0.332 e. The standard InChI is InChI=1S/C23H21N3O5/c1-23-20-15(16-12-14(29-2)4-5-17(16)24-20)7-8-25(23)22(28)26(21(23)27)13-3-6-18-19(11-13)31-10-9-30-18/h3-6,11-12,24H,7-10H2,1-2H3/t23-/m0/s1. The van der Waals surface area contributed by atoms with E-state index < -0.39 is 5.54 Å². The fourth-order valence-electron chi connectivity index (χ4n) is 4.94. The van der Waals surface area contributed by atoms with E-state index in [-0.39, 0.29) is 11.9 Å². The monoisotopic (exact) mass is 419 g/mol. The molecule has 0 saturated carbocycles. The Kier molecular flexibility index (Phi) is 3.60. The molecule has 3 aromatic rings. The predicted molar refractivity (Wildman–Crippen MR) is 113 cm³/mol. The molecule has 0 spiro atoms. The van der Waals surface area contributed by atoms with E-state index in [9.17, 15) is 9.59 Å². The van der Waals surface area contributed by atoms with E-state index in [1.165, 1.54) is 4.90 Å². The highest BCUT2D eigenvalue weighted by Crippen LogP contribution is 2.46. The topological polar surface area (TPSA) is 84.1 Å². The Labute approximate surface area is 178 Å². The van der Waals surface area contributed by atoms with Gasteiger partial charge in [-0.2, -0.15) is 0 Å². The van der Waals surface area contributed by atoms with Gasteiger partial charge in [0, 0.05) is 23.5 Å². The van der Waals surface area contributed by atoms with Crippen LogP contribution in [0.1, 0.15) is 18.2 Å². The molecule has 0 aliphatic carbocycles. The third-order valence-corrected chi connectivity index (χ3v) is 6.55. The predicted octanol–water partition coefficient (Wildman–Crippen LogP) is 3.19. The summed E-state index contributed by atoms with van der Waals surface area (Å²) in [7, 11) is 1.63. The van der Waals surface area contributed by atoms with Crippen LogP contribution in [-0.4, -0.2) is 48.7 Å². The van der Waals surface area contributed by atoms with Crippen molar-refractivity contribution < 1.29 is 23.8 Å². The van der Waals surface area contributed by atoms with Gasteiger partial charge in [-0.25, -0.2) is 9.69 Å². The van der Waals surface area contributed by atoms with Crippen LogP contribution in [0.15, 0.2) is 36.4 Å². The number of carbonyl (C=O) groups excluding carboxylic acids is 2. The number of imide groups is 1. The summed E-state index contributed by atoms with van der Waals surface area (Å²) in [5.74, 6) is 1.63. The third-order valence-electron chi connectivity index (χ3n) is 6.55. The molecule has 4 heterocycles. The molecule has 0 unspecified atom stereocenters. The van der Waals surface area contributed by atoms with E-state index in [0.717, 1.165) is 27.9 Å². The van der Waals surface area contributed by atoms with Gasteiger partial charge in [0.2, 0.25) is 0 Å². The number of amides is 3. The summed E-state index contributed by atoms with van der Waals surface area (Å²) in [4.78, 5) is 33.4. The number of methoxy groups -OCH3 is 1. The fraction of sp³-hybridized carbons (Fsp3) is 0.304. The Hall–Kier alpha value is -3.68. The van der Waals surface area contributed by atoms with Gasteiger partial charge < -0.3 is 24.1 Å². The molecule has 1 saturated heterocycles. The molecule has 6 rings (SSSR count). The van der Waals surface area contributed by atoms with Crippen molar-refractivity contribution in [1.29, 1.82) is 0 Å². The van der Waals surface area contributed by atoms with Crippen molar-refractivity contribution in [3.8, 4) is 17.2 Å². The molecular formula is C23H21N3O5. The maximum atomic E-state index is 13.7. The lowest BCUT2D eigenvalue weighted by Crippen LogP contribution is -2.49. The van der Waals surface area contributed by atoms with Crippen LogP contribution in [0, 0.1) is 0 Å². The first kappa shape index (κ1) is 18.1. The van der Waals surface area contributed by atoms with Gasteiger partial charge in [0.15, 0.2) is 17.0 Å². The molecule has 1 aromatic heterocycles. The molecule has 3 aliphatic rings. The van der Waals surface area contributed by atoms with Crippen LogP contribution in [0.2, 0.25) is 0 Å². The van der Waals surface area contributed by atoms with Crippen molar-refractivity contribution in [2.45, 2.75) is 18.9 Å². The van der Waals surface area contributed by atoms with E-state index in [4.69, 9.17) is 14.2 Å². The largest absolute Gasteiger partial charge is 0.497 e. The lowest BCUT2D eigenvalue weighted by molar-refractivity contribution is -0.125. The summed E-state index contributed by atoms with van der Waals surface area (Å²) < 4.78 is 16.6. The molecule has 0 bridgehead atoms. The van der Waals surface area contributed by atoms with Gasteiger partial charge in [0.05, 0.1) is 18.5 Å². The number of carbonyl (C=O) groups is 2. The SMILES string of the molecule is COc1ccc2[nH]c3c(c2c1)CCN1C(=O)N(c2ccc4c(c2)OCCO4)C(=O)[C@]31C. The number of anilines is 1. The number of nitrogens with zero attached hydrogens (tertiary/aromatic N) is 2. The second-order valence-electron chi connectivity index (χ2n) is 8.12. The van der Waals surface area contributed by atoms with Crippen molar-refractivity contribution in [3.05, 3.63) is 47.7 Å². The van der Waals surface area contributed by atoms with Gasteiger partial charge in [-0.05, 0) is 49.2 Å². The molecular weight excluding hydrogens is 398 g/mol. The number of H-pyrrole nitrogens is 1. The molecule has 1 atom stereocenters. The minimum absolute atomic E-state index is 0.284. The molecule has 8 nitrogen and oxygen atoms in total. The third kappa shape index (κ3) is 2.30. The molecule has 0 radical (unpaired) electrons. The summed E-state index contributed by atoms with van der Waals surface area (Å²) in [6.07, 6.45) is 0.659. The Morgan fingerprint density at radius 1 is 1.06 bits per heavy atom. The maximum absolute atomic E-state index is 13.7. The molecule has 31 heavy (non-hydrogen) atoms. The fourth-order valence-corrected chi connectivity index (χ4v) is 4.94. The first-order chi connectivity index (χ1) is 15.0. The van der Waals surface area contributed by atoms with Gasteiger partial charge in [-0.1, -0.05) is 0 Å². The van der Waals surface area contributed by atoms with Crippen molar-refractivity contribution >= 4 is 28.5 Å². The number of hydrogen-bond acceptors (Lipinski definition) is 5. The quantitative estimate of drug-likeness (QED) is 0.645. The minimum Gasteiger partial charge on any atom is -0.497 e. The Morgan fingerprint density at radius 2 is 1.87 bits per heavy atom. The smallest absolute Gasteiger partial charge is 0.332 e. The van der Waals surface area contributed by atoms with Gasteiger partial charge in [-0.15, -0.1) is 0 Å². The highest BCUT2D eigenvalue weighted by atomic mass is 16.6. The molecule has 8 heteroatoms. The second-order valence-corrected chi connectivity index (χ2v) is 8.12. The van der Waals surface area contributed by atoms with E-state index in [2.05, 4.69) is 4.98 Å². The number of rotatable bonds is 2. The van der Waals surface area contributed by atoms with Crippen molar-refractivity contribution in [1.82, 2.24) is 9.88 Å². The van der Waals surface area contributed by atoms with Crippen molar-refractivity contribution in [2.24, 2.45) is 0 Å². The van der Waals surface area contributed by atoms with Crippen LogP contribution in [0.25, 0.3) is 10.9 Å². The lowest BCUT2D eigenvalue weighted by Gasteiger charge is -2.35. The number of aromatic nitrogens is 1. The van der Waals surface area contributed by atoms with Crippen LogP contribution in [0.5, 0.6) is 17.2 Å². The second kappa shape index (κ2) is 6.16. The number of benzene rings is 2. The Bertz CT molecular complexity index is 1270. The van der Waals surface area contributed by atoms with E-state index >= 15 is 0 Å². The van der Waals surface area contributed by atoms with Gasteiger partial charge >= 0.3 is 6.03 Å². The highest BCUT2D eigenvalue weighted by molar-refractivity contribution is 6.23. The van der Waals surface area contributed by atoms with Crippen molar-refractivity contribution in [3.63, 3.8) is 0 Å². The number of hydrogen-bond donors (Lipinski definition) is 1. The van der Waals surface area contributed by atoms with E-state index in [1.54, 1.807) is 30.2 Å². The summed E-state index contributed by atoms with van der Waals surface area (Å²) in [6.45, 7) is 3.19. The highest BCUT2D eigenvalue weighted by Gasteiger charge is 2.59. The first-order valence-electron chi connectivity index (χ1n) is 10.3. The molecule has 2 aromatic carbocycles. The summed E-state index contributed by atoms with van der Waals surface area (Å²) in [5, 5.41) is 1.02. The van der Waals surface area contributed by atoms with Gasteiger partial charge in [0.25, 0.3) is 5.91 Å². The molecule has 3 aliphatic heterocycles. The van der Waals surface area contributed by atoms with Gasteiger partial charge in [0.1, 0.15) is 19.0 Å². The molecule has 158 valence electrons. The van der Waals surface area contributed by atoms with Gasteiger partial charge in [-0.3, -0.25) is 4.79 Å². The Morgan fingerprint density at radius 3 is 2.68 bits per heavy atom. The summed E-state index contributed by atoms with van der Waals surface area (Å²) in [6, 6.07) is 10.6. The average molecular weight is 419 g/mol. The van der Waals surface area contributed by atoms with E-state index in [0.29, 0.717) is 43.4 Å². The molecule has 3 amide bonds. The van der Waals surface area contributed by atoms with Crippen LogP contribution >= 0.6 is 0 Å². The van der Waals surface area contributed by atoms with Crippen LogP contribution in [-0.2, 0) is 16.8 Å². The van der Waals surface area contributed by atoms with Crippen LogP contribution in [0.3, 0.4) is 0 Å². The van der Waals surface area contributed by atoms with E-state index in [1.807, 2.05) is 25.1 Å².